The molecule has 0 radical (unpaired) electrons. The van der Waals surface area contributed by atoms with Gasteiger partial charge in [-0.2, -0.15) is 0 Å². The normalized spacial score (nSPS) is 14.7. The lowest BCUT2D eigenvalue weighted by molar-refractivity contribution is 0.235. The van der Waals surface area contributed by atoms with Crippen LogP contribution in [0.4, 0.5) is 0 Å². The first-order chi connectivity index (χ1) is 12.8. The highest BCUT2D eigenvalue weighted by molar-refractivity contribution is 7.13. The van der Waals surface area contributed by atoms with Crippen molar-refractivity contribution in [2.75, 3.05) is 6.54 Å². The summed E-state index contributed by atoms with van der Waals surface area (Å²) in [5.74, 6) is 1.95. The maximum absolute atomic E-state index is 4.80. The first-order valence-electron chi connectivity index (χ1n) is 8.79. The second-order valence-corrected chi connectivity index (χ2v) is 7.63. The summed E-state index contributed by atoms with van der Waals surface area (Å²) in [6.07, 6.45) is 2.96. The molecule has 6 heteroatoms. The van der Waals surface area contributed by atoms with E-state index >= 15 is 0 Å². The predicted molar refractivity (Wildman–Crippen MR) is 104 cm³/mol. The zero-order valence-electron chi connectivity index (χ0n) is 14.6. The fraction of sp³-hybridized carbons (Fsp3) is 0.250. The first kappa shape index (κ1) is 15.7. The monoisotopic (exact) mass is 361 g/mol. The molecule has 0 N–H and O–H groups in total. The molecule has 5 nitrogen and oxygen atoms in total. The van der Waals surface area contributed by atoms with Gasteiger partial charge in [0.05, 0.1) is 28.1 Å². The van der Waals surface area contributed by atoms with Crippen molar-refractivity contribution in [1.82, 2.24) is 24.4 Å². The number of para-hydroxylation sites is 2. The summed E-state index contributed by atoms with van der Waals surface area (Å²) in [7, 11) is 2.10. The summed E-state index contributed by atoms with van der Waals surface area (Å²) in [5.41, 5.74) is 4.66. The highest BCUT2D eigenvalue weighted by Gasteiger charge is 2.20. The molecule has 26 heavy (non-hydrogen) atoms. The van der Waals surface area contributed by atoms with Crippen LogP contribution in [0.15, 0.2) is 48.0 Å². The number of fused-ring (bicyclic) bond motifs is 2. The molecule has 0 bridgehead atoms. The van der Waals surface area contributed by atoms with Gasteiger partial charge in [-0.25, -0.2) is 15.0 Å². The molecule has 3 aromatic heterocycles. The Morgan fingerprint density at radius 1 is 1.12 bits per heavy atom. The number of aryl methyl sites for hydroxylation is 1. The third-order valence-corrected chi connectivity index (χ3v) is 5.87. The number of benzene rings is 1. The van der Waals surface area contributed by atoms with Crippen molar-refractivity contribution in [3.63, 3.8) is 0 Å². The summed E-state index contributed by atoms with van der Waals surface area (Å²) in [6, 6.07) is 12.4. The number of rotatable bonds is 3. The Bertz CT molecular complexity index is 1070. The van der Waals surface area contributed by atoms with Crippen LogP contribution in [0.3, 0.4) is 0 Å². The van der Waals surface area contributed by atoms with Crippen LogP contribution in [-0.4, -0.2) is 31.0 Å². The third kappa shape index (κ3) is 2.71. The quantitative estimate of drug-likeness (QED) is 0.559. The fourth-order valence-corrected chi connectivity index (χ4v) is 4.24. The minimum Gasteiger partial charge on any atom is -0.330 e. The maximum atomic E-state index is 4.80. The number of hydrogen-bond acceptors (Lipinski definition) is 5. The number of thiophene rings is 1. The number of hydrogen-bond donors (Lipinski definition) is 0. The summed E-state index contributed by atoms with van der Waals surface area (Å²) >= 11 is 1.69. The molecule has 0 saturated heterocycles. The van der Waals surface area contributed by atoms with Crippen LogP contribution in [-0.2, 0) is 26.6 Å². The highest BCUT2D eigenvalue weighted by Crippen LogP contribution is 2.25. The molecule has 0 spiro atoms. The van der Waals surface area contributed by atoms with E-state index in [9.17, 15) is 0 Å². The van der Waals surface area contributed by atoms with Gasteiger partial charge in [-0.15, -0.1) is 11.3 Å². The maximum Gasteiger partial charge on any atom is 0.169 e. The van der Waals surface area contributed by atoms with E-state index in [1.807, 2.05) is 18.3 Å². The van der Waals surface area contributed by atoms with E-state index in [-0.39, 0.29) is 0 Å². The molecule has 1 aliphatic heterocycles. The summed E-state index contributed by atoms with van der Waals surface area (Å²) in [5, 5.41) is 2.07. The Morgan fingerprint density at radius 2 is 2.04 bits per heavy atom. The van der Waals surface area contributed by atoms with Crippen LogP contribution >= 0.6 is 11.3 Å². The lowest BCUT2D eigenvalue weighted by Crippen LogP contribution is -2.31. The Morgan fingerprint density at radius 3 is 2.88 bits per heavy atom. The number of imidazole rings is 1. The topological polar surface area (TPSA) is 46.8 Å². The molecule has 0 aliphatic carbocycles. The average molecular weight is 361 g/mol. The minimum absolute atomic E-state index is 0.845. The molecule has 4 aromatic rings. The van der Waals surface area contributed by atoms with E-state index in [0.29, 0.717) is 0 Å². The number of aromatic nitrogens is 4. The predicted octanol–water partition coefficient (Wildman–Crippen LogP) is 3.65. The van der Waals surface area contributed by atoms with Crippen molar-refractivity contribution in [1.29, 1.82) is 0 Å². The second-order valence-electron chi connectivity index (χ2n) is 6.68. The molecule has 0 unspecified atom stereocenters. The van der Waals surface area contributed by atoms with Crippen LogP contribution in [0.5, 0.6) is 0 Å². The molecule has 0 fully saturated rings. The smallest absolute Gasteiger partial charge is 0.169 e. The van der Waals surface area contributed by atoms with Gasteiger partial charge in [0.15, 0.2) is 5.82 Å². The van der Waals surface area contributed by atoms with Crippen molar-refractivity contribution in [2.45, 2.75) is 19.5 Å². The molecular weight excluding hydrogens is 342 g/mol. The van der Waals surface area contributed by atoms with Crippen LogP contribution in [0.1, 0.15) is 17.1 Å². The van der Waals surface area contributed by atoms with Crippen molar-refractivity contribution in [2.24, 2.45) is 7.05 Å². The van der Waals surface area contributed by atoms with Gasteiger partial charge in [-0.3, -0.25) is 4.90 Å². The van der Waals surface area contributed by atoms with Gasteiger partial charge >= 0.3 is 0 Å². The number of nitrogens with zero attached hydrogens (tertiary/aromatic N) is 5. The average Bonchev–Trinajstić information content (AvgIpc) is 3.31. The Balaban J connectivity index is 1.38. The Kier molecular flexibility index (Phi) is 3.80. The fourth-order valence-electron chi connectivity index (χ4n) is 3.57. The van der Waals surface area contributed by atoms with Gasteiger partial charge in [-0.1, -0.05) is 18.2 Å². The van der Waals surface area contributed by atoms with Gasteiger partial charge in [0.25, 0.3) is 0 Å². The van der Waals surface area contributed by atoms with E-state index in [1.165, 1.54) is 16.8 Å². The van der Waals surface area contributed by atoms with Crippen molar-refractivity contribution >= 4 is 22.4 Å². The van der Waals surface area contributed by atoms with Crippen molar-refractivity contribution < 1.29 is 0 Å². The second kappa shape index (κ2) is 6.30. The molecule has 4 heterocycles. The lowest BCUT2D eigenvalue weighted by atomic mass is 10.1. The van der Waals surface area contributed by atoms with Crippen LogP contribution in [0, 0.1) is 0 Å². The SMILES string of the molecule is Cn1c(CN2CCc3nc(-c4cccs4)ncc3C2)nc2ccccc21. The molecule has 1 aromatic carbocycles. The molecule has 0 saturated carbocycles. The van der Waals surface area contributed by atoms with E-state index in [2.05, 4.69) is 51.1 Å². The molecule has 0 amide bonds. The lowest BCUT2D eigenvalue weighted by Gasteiger charge is -2.27. The van der Waals surface area contributed by atoms with Gasteiger partial charge < -0.3 is 4.57 Å². The zero-order chi connectivity index (χ0) is 17.5. The van der Waals surface area contributed by atoms with E-state index in [1.54, 1.807) is 11.3 Å². The Labute approximate surface area is 156 Å². The van der Waals surface area contributed by atoms with Gasteiger partial charge in [-0.05, 0) is 23.6 Å². The van der Waals surface area contributed by atoms with Gasteiger partial charge in [0, 0.05) is 38.3 Å². The zero-order valence-corrected chi connectivity index (χ0v) is 15.4. The van der Waals surface area contributed by atoms with E-state index in [4.69, 9.17) is 9.97 Å². The van der Waals surface area contributed by atoms with Crippen molar-refractivity contribution in [3.8, 4) is 10.7 Å². The molecule has 130 valence electrons. The molecule has 1 aliphatic rings. The van der Waals surface area contributed by atoms with Crippen LogP contribution in [0.2, 0.25) is 0 Å². The molecule has 5 rings (SSSR count). The minimum atomic E-state index is 0.845. The van der Waals surface area contributed by atoms with Crippen LogP contribution < -0.4 is 0 Å². The summed E-state index contributed by atoms with van der Waals surface area (Å²) < 4.78 is 2.20. The van der Waals surface area contributed by atoms with Gasteiger partial charge in [0.1, 0.15) is 5.82 Å². The van der Waals surface area contributed by atoms with E-state index < -0.39 is 0 Å². The third-order valence-electron chi connectivity index (χ3n) is 5.00. The largest absolute Gasteiger partial charge is 0.330 e. The summed E-state index contributed by atoms with van der Waals surface area (Å²) in [6.45, 7) is 2.72. The standard InChI is InChI=1S/C20H19N5S/c1-24-17-6-3-2-5-16(17)22-19(24)13-25-9-8-15-14(12-25)11-21-20(23-15)18-7-4-10-26-18/h2-7,10-11H,8-9,12-13H2,1H3. The Hall–Kier alpha value is -2.57. The van der Waals surface area contributed by atoms with Crippen LogP contribution in [0.25, 0.3) is 21.7 Å². The first-order valence-corrected chi connectivity index (χ1v) is 9.67. The van der Waals surface area contributed by atoms with Crippen molar-refractivity contribution in [3.05, 3.63) is 65.1 Å². The highest BCUT2D eigenvalue weighted by atomic mass is 32.1. The summed E-state index contributed by atoms with van der Waals surface area (Å²) in [4.78, 5) is 17.7. The molecule has 0 atom stereocenters. The molecular formula is C20H19N5S. The van der Waals surface area contributed by atoms with Gasteiger partial charge in [0.2, 0.25) is 0 Å². The van der Waals surface area contributed by atoms with E-state index in [0.717, 1.165) is 48.1 Å².